The zero-order chi connectivity index (χ0) is 6.69. The highest BCUT2D eigenvalue weighted by Gasteiger charge is 2.17. The predicted molar refractivity (Wildman–Crippen MR) is 30.4 cm³/mol. The minimum absolute atomic E-state index is 0.571. The highest BCUT2D eigenvalue weighted by Crippen LogP contribution is 2.08. The maximum absolute atomic E-state index is 10.2. The molecule has 0 saturated carbocycles. The SMILES string of the molecule is O=C(O)C1CCCN=N1. The first-order valence-corrected chi connectivity index (χ1v) is 2.90. The molecule has 9 heavy (non-hydrogen) atoms. The Kier molecular flexibility index (Phi) is 1.77. The average Bonchev–Trinajstić information content (AvgIpc) is 1.90. The van der Waals surface area contributed by atoms with E-state index in [1.807, 2.05) is 0 Å². The Morgan fingerprint density at radius 2 is 2.44 bits per heavy atom. The Labute approximate surface area is 52.6 Å². The van der Waals surface area contributed by atoms with Gasteiger partial charge in [-0.3, -0.25) is 0 Å². The number of hydrogen-bond donors (Lipinski definition) is 1. The minimum atomic E-state index is -0.863. The van der Waals surface area contributed by atoms with Gasteiger partial charge in [-0.1, -0.05) is 0 Å². The molecule has 1 N–H and O–H groups in total. The van der Waals surface area contributed by atoms with Crippen molar-refractivity contribution in [1.82, 2.24) is 0 Å². The highest BCUT2D eigenvalue weighted by molar-refractivity contribution is 5.73. The summed E-state index contributed by atoms with van der Waals surface area (Å²) < 4.78 is 0. The zero-order valence-corrected chi connectivity index (χ0v) is 4.95. The molecule has 0 aromatic heterocycles. The van der Waals surface area contributed by atoms with Gasteiger partial charge in [0.25, 0.3) is 0 Å². The molecule has 0 aliphatic carbocycles. The van der Waals surface area contributed by atoms with Gasteiger partial charge in [0.15, 0.2) is 6.04 Å². The second-order valence-corrected chi connectivity index (χ2v) is 1.98. The number of carbonyl (C=O) groups is 1. The second kappa shape index (κ2) is 2.57. The summed E-state index contributed by atoms with van der Waals surface area (Å²) >= 11 is 0. The van der Waals surface area contributed by atoms with Crippen LogP contribution in [0.5, 0.6) is 0 Å². The molecule has 4 nitrogen and oxygen atoms in total. The lowest BCUT2D eigenvalue weighted by Crippen LogP contribution is -2.19. The van der Waals surface area contributed by atoms with Crippen molar-refractivity contribution in [2.24, 2.45) is 10.2 Å². The molecule has 1 heterocycles. The number of rotatable bonds is 1. The summed E-state index contributed by atoms with van der Waals surface area (Å²) in [5, 5.41) is 15.6. The van der Waals surface area contributed by atoms with E-state index in [4.69, 9.17) is 5.11 Å². The molecule has 0 spiro atoms. The summed E-state index contributed by atoms with van der Waals surface area (Å²) in [6.07, 6.45) is 1.49. The van der Waals surface area contributed by atoms with Crippen LogP contribution in [0.1, 0.15) is 12.8 Å². The molecule has 50 valence electrons. The maximum Gasteiger partial charge on any atom is 0.330 e. The standard InChI is InChI=1S/C5H8N2O2/c8-5(9)4-2-1-3-6-7-4/h4H,1-3H2,(H,8,9). The van der Waals surface area contributed by atoms with Gasteiger partial charge in [0.05, 0.1) is 6.54 Å². The lowest BCUT2D eigenvalue weighted by molar-refractivity contribution is -0.138. The number of aliphatic carboxylic acids is 1. The van der Waals surface area contributed by atoms with Gasteiger partial charge < -0.3 is 5.11 Å². The fourth-order valence-electron chi connectivity index (χ4n) is 0.742. The average molecular weight is 128 g/mol. The van der Waals surface area contributed by atoms with Crippen LogP contribution >= 0.6 is 0 Å². The molecule has 1 aliphatic heterocycles. The smallest absolute Gasteiger partial charge is 0.330 e. The van der Waals surface area contributed by atoms with E-state index < -0.39 is 12.0 Å². The van der Waals surface area contributed by atoms with E-state index in [1.54, 1.807) is 0 Å². The molecule has 0 bridgehead atoms. The molecular formula is C5H8N2O2. The van der Waals surface area contributed by atoms with Crippen LogP contribution in [0.4, 0.5) is 0 Å². The van der Waals surface area contributed by atoms with E-state index in [0.29, 0.717) is 13.0 Å². The molecule has 4 heteroatoms. The third kappa shape index (κ3) is 1.48. The van der Waals surface area contributed by atoms with Crippen molar-refractivity contribution in [3.63, 3.8) is 0 Å². The van der Waals surface area contributed by atoms with Gasteiger partial charge >= 0.3 is 5.97 Å². The Morgan fingerprint density at radius 1 is 1.67 bits per heavy atom. The molecule has 0 fully saturated rings. The fourth-order valence-corrected chi connectivity index (χ4v) is 0.742. The van der Waals surface area contributed by atoms with Crippen LogP contribution in [0.15, 0.2) is 10.2 Å². The Morgan fingerprint density at radius 3 is 2.78 bits per heavy atom. The van der Waals surface area contributed by atoms with E-state index >= 15 is 0 Å². The van der Waals surface area contributed by atoms with Gasteiger partial charge in [0, 0.05) is 0 Å². The summed E-state index contributed by atoms with van der Waals surface area (Å²) in [5.41, 5.74) is 0. The molecule has 0 radical (unpaired) electrons. The van der Waals surface area contributed by atoms with Gasteiger partial charge in [-0.15, -0.1) is 0 Å². The van der Waals surface area contributed by atoms with Gasteiger partial charge in [0.1, 0.15) is 0 Å². The van der Waals surface area contributed by atoms with Crippen molar-refractivity contribution in [3.8, 4) is 0 Å². The Balaban J connectivity index is 2.50. The number of carboxylic acids is 1. The van der Waals surface area contributed by atoms with Crippen LogP contribution in [-0.4, -0.2) is 23.7 Å². The summed E-state index contributed by atoms with van der Waals surface area (Å²) in [7, 11) is 0. The lowest BCUT2D eigenvalue weighted by atomic mass is 10.1. The lowest BCUT2D eigenvalue weighted by Gasteiger charge is -2.08. The molecule has 0 aromatic carbocycles. The molecule has 1 atom stereocenters. The molecule has 0 amide bonds. The third-order valence-electron chi connectivity index (χ3n) is 1.24. The van der Waals surface area contributed by atoms with E-state index in [-0.39, 0.29) is 0 Å². The van der Waals surface area contributed by atoms with Crippen LogP contribution < -0.4 is 0 Å². The first-order chi connectivity index (χ1) is 4.30. The van der Waals surface area contributed by atoms with Crippen molar-refractivity contribution in [2.75, 3.05) is 6.54 Å². The molecule has 0 saturated heterocycles. The van der Waals surface area contributed by atoms with Crippen molar-refractivity contribution in [1.29, 1.82) is 0 Å². The first kappa shape index (κ1) is 6.19. The highest BCUT2D eigenvalue weighted by atomic mass is 16.4. The minimum Gasteiger partial charge on any atom is -0.480 e. The van der Waals surface area contributed by atoms with Crippen LogP contribution in [0.3, 0.4) is 0 Å². The second-order valence-electron chi connectivity index (χ2n) is 1.98. The van der Waals surface area contributed by atoms with Gasteiger partial charge in [0.2, 0.25) is 0 Å². The molecule has 0 aromatic rings. The van der Waals surface area contributed by atoms with E-state index in [9.17, 15) is 4.79 Å². The van der Waals surface area contributed by atoms with Crippen LogP contribution in [-0.2, 0) is 4.79 Å². The summed E-state index contributed by atoms with van der Waals surface area (Å²) in [6, 6.07) is -0.571. The van der Waals surface area contributed by atoms with Crippen molar-refractivity contribution in [2.45, 2.75) is 18.9 Å². The number of hydrogen-bond acceptors (Lipinski definition) is 3. The molecule has 1 aliphatic rings. The van der Waals surface area contributed by atoms with Crippen molar-refractivity contribution in [3.05, 3.63) is 0 Å². The predicted octanol–water partition coefficient (Wildman–Crippen LogP) is 0.686. The summed E-state index contributed by atoms with van der Waals surface area (Å²) in [6.45, 7) is 0.684. The van der Waals surface area contributed by atoms with E-state index in [0.717, 1.165) is 6.42 Å². The number of nitrogens with zero attached hydrogens (tertiary/aromatic N) is 2. The van der Waals surface area contributed by atoms with Crippen LogP contribution in [0, 0.1) is 0 Å². The summed E-state index contributed by atoms with van der Waals surface area (Å²) in [5.74, 6) is -0.863. The Bertz CT molecular complexity index is 144. The van der Waals surface area contributed by atoms with Gasteiger partial charge in [-0.05, 0) is 12.8 Å². The normalized spacial score (nSPS) is 26.0. The number of carboxylic acid groups (broad SMARTS) is 1. The van der Waals surface area contributed by atoms with Crippen molar-refractivity contribution >= 4 is 5.97 Å². The monoisotopic (exact) mass is 128 g/mol. The topological polar surface area (TPSA) is 62.0 Å². The van der Waals surface area contributed by atoms with Crippen molar-refractivity contribution < 1.29 is 9.90 Å². The third-order valence-corrected chi connectivity index (χ3v) is 1.24. The van der Waals surface area contributed by atoms with Gasteiger partial charge in [-0.2, -0.15) is 10.2 Å². The van der Waals surface area contributed by atoms with E-state index in [1.165, 1.54) is 0 Å². The zero-order valence-electron chi connectivity index (χ0n) is 4.95. The first-order valence-electron chi connectivity index (χ1n) is 2.90. The molecular weight excluding hydrogens is 120 g/mol. The van der Waals surface area contributed by atoms with Crippen LogP contribution in [0.2, 0.25) is 0 Å². The van der Waals surface area contributed by atoms with Crippen LogP contribution in [0.25, 0.3) is 0 Å². The van der Waals surface area contributed by atoms with Gasteiger partial charge in [-0.25, -0.2) is 4.79 Å². The van der Waals surface area contributed by atoms with E-state index in [2.05, 4.69) is 10.2 Å². The largest absolute Gasteiger partial charge is 0.480 e. The Hall–Kier alpha value is -0.930. The summed E-state index contributed by atoms with van der Waals surface area (Å²) in [4.78, 5) is 10.2. The molecule has 1 unspecified atom stereocenters. The quantitative estimate of drug-likeness (QED) is 0.564. The number of azo groups is 1. The molecule has 1 rings (SSSR count). The maximum atomic E-state index is 10.2. The fraction of sp³-hybridized carbons (Fsp3) is 0.800.